The number of para-hydroxylation sites is 1. The highest BCUT2D eigenvalue weighted by Gasteiger charge is 2.21. The van der Waals surface area contributed by atoms with Crippen LogP contribution in [-0.4, -0.2) is 22.8 Å². The number of methoxy groups -OCH3 is 1. The number of carbonyl (C=O) groups is 1. The molecule has 152 valence electrons. The summed E-state index contributed by atoms with van der Waals surface area (Å²) < 4.78 is 7.14. The third kappa shape index (κ3) is 4.67. The monoisotopic (exact) mass is 391 g/mol. The molecule has 0 aliphatic rings. The molecule has 3 rings (SSSR count). The number of ether oxygens (including phenoxy) is 1. The molecule has 1 N–H and O–H groups in total. The van der Waals surface area contributed by atoms with Crippen LogP contribution in [0.1, 0.15) is 42.4 Å². The Kier molecular flexibility index (Phi) is 6.37. The van der Waals surface area contributed by atoms with Crippen molar-refractivity contribution in [3.8, 4) is 11.4 Å². The number of aromatic nitrogens is 2. The Morgan fingerprint density at radius 1 is 1.07 bits per heavy atom. The second-order valence-corrected chi connectivity index (χ2v) is 7.64. The van der Waals surface area contributed by atoms with Gasteiger partial charge in [-0.3, -0.25) is 4.79 Å². The molecular weight excluding hydrogens is 362 g/mol. The number of nitrogens with one attached hydrogen (secondary N) is 1. The molecule has 0 spiro atoms. The summed E-state index contributed by atoms with van der Waals surface area (Å²) in [6.07, 6.45) is 0.309. The van der Waals surface area contributed by atoms with Crippen molar-refractivity contribution >= 4 is 5.91 Å². The first-order chi connectivity index (χ1) is 13.9. The van der Waals surface area contributed by atoms with Crippen LogP contribution in [0.15, 0.2) is 54.6 Å². The van der Waals surface area contributed by atoms with Gasteiger partial charge < -0.3 is 10.1 Å². The lowest BCUT2D eigenvalue weighted by atomic mass is 9.95. The fourth-order valence-corrected chi connectivity index (χ4v) is 3.58. The van der Waals surface area contributed by atoms with E-state index in [1.165, 1.54) is 0 Å². The second-order valence-electron chi connectivity index (χ2n) is 7.64. The van der Waals surface area contributed by atoms with Gasteiger partial charge in [0.15, 0.2) is 0 Å². The molecular formula is C24H29N3O2. The van der Waals surface area contributed by atoms with Crippen molar-refractivity contribution in [1.82, 2.24) is 15.1 Å². The summed E-state index contributed by atoms with van der Waals surface area (Å²) in [5.41, 5.74) is 4.92. The van der Waals surface area contributed by atoms with Crippen LogP contribution in [-0.2, 0) is 11.2 Å². The highest BCUT2D eigenvalue weighted by Crippen LogP contribution is 2.25. The van der Waals surface area contributed by atoms with E-state index in [-0.39, 0.29) is 17.9 Å². The predicted octanol–water partition coefficient (Wildman–Crippen LogP) is 4.55. The van der Waals surface area contributed by atoms with Gasteiger partial charge in [-0.25, -0.2) is 4.68 Å². The molecule has 0 bridgehead atoms. The number of benzene rings is 2. The van der Waals surface area contributed by atoms with Gasteiger partial charge in [0.25, 0.3) is 0 Å². The van der Waals surface area contributed by atoms with E-state index >= 15 is 0 Å². The van der Waals surface area contributed by atoms with Gasteiger partial charge in [0.1, 0.15) is 5.75 Å². The van der Waals surface area contributed by atoms with Crippen LogP contribution < -0.4 is 10.1 Å². The van der Waals surface area contributed by atoms with E-state index in [0.717, 1.165) is 34.0 Å². The number of nitrogens with zero attached hydrogens (tertiary/aromatic N) is 2. The molecule has 1 unspecified atom stereocenters. The third-order valence-electron chi connectivity index (χ3n) is 5.24. The van der Waals surface area contributed by atoms with Crippen molar-refractivity contribution in [3.63, 3.8) is 0 Å². The van der Waals surface area contributed by atoms with Crippen LogP contribution in [0.5, 0.6) is 5.75 Å². The minimum Gasteiger partial charge on any atom is -0.497 e. The zero-order valence-corrected chi connectivity index (χ0v) is 17.8. The molecule has 0 aliphatic carbocycles. The minimum absolute atomic E-state index is 0.00155. The average molecular weight is 392 g/mol. The largest absolute Gasteiger partial charge is 0.497 e. The van der Waals surface area contributed by atoms with Crippen molar-refractivity contribution < 1.29 is 9.53 Å². The number of carbonyl (C=O) groups excluding carboxylic acids is 1. The molecule has 1 atom stereocenters. The number of hydrogen-bond acceptors (Lipinski definition) is 3. The van der Waals surface area contributed by atoms with Crippen molar-refractivity contribution in [2.45, 2.75) is 40.2 Å². The van der Waals surface area contributed by atoms with E-state index in [9.17, 15) is 4.79 Å². The first-order valence-electron chi connectivity index (χ1n) is 9.94. The fraction of sp³-hybridized carbons (Fsp3) is 0.333. The van der Waals surface area contributed by atoms with Crippen LogP contribution in [0.3, 0.4) is 0 Å². The normalized spacial score (nSPS) is 12.1. The van der Waals surface area contributed by atoms with E-state index < -0.39 is 0 Å². The van der Waals surface area contributed by atoms with Crippen LogP contribution in [0, 0.1) is 19.8 Å². The number of rotatable bonds is 7. The molecule has 1 heterocycles. The molecule has 3 aromatic rings. The summed E-state index contributed by atoms with van der Waals surface area (Å²) in [4.78, 5) is 12.9. The quantitative estimate of drug-likeness (QED) is 0.643. The first kappa shape index (κ1) is 20.6. The van der Waals surface area contributed by atoms with Crippen molar-refractivity contribution in [2.24, 2.45) is 5.92 Å². The summed E-state index contributed by atoms with van der Waals surface area (Å²) in [6.45, 7) is 8.19. The maximum atomic E-state index is 12.9. The van der Waals surface area contributed by atoms with Crippen LogP contribution in [0.2, 0.25) is 0 Å². The van der Waals surface area contributed by atoms with E-state index in [1.807, 2.05) is 73.1 Å². The maximum absolute atomic E-state index is 12.9. The van der Waals surface area contributed by atoms with Crippen LogP contribution in [0.4, 0.5) is 0 Å². The summed E-state index contributed by atoms with van der Waals surface area (Å²) in [5, 5.41) is 7.85. The van der Waals surface area contributed by atoms with Gasteiger partial charge in [0.2, 0.25) is 5.91 Å². The number of aryl methyl sites for hydroxylation is 1. The van der Waals surface area contributed by atoms with E-state index in [1.54, 1.807) is 7.11 Å². The van der Waals surface area contributed by atoms with Crippen molar-refractivity contribution in [3.05, 3.63) is 77.1 Å². The van der Waals surface area contributed by atoms with E-state index in [0.29, 0.717) is 6.42 Å². The molecule has 0 aliphatic heterocycles. The van der Waals surface area contributed by atoms with Gasteiger partial charge in [-0.2, -0.15) is 5.10 Å². The lowest BCUT2D eigenvalue weighted by Gasteiger charge is -2.23. The number of amides is 1. The van der Waals surface area contributed by atoms with Gasteiger partial charge >= 0.3 is 0 Å². The molecule has 0 fully saturated rings. The fourth-order valence-electron chi connectivity index (χ4n) is 3.58. The molecule has 2 aromatic carbocycles. The third-order valence-corrected chi connectivity index (χ3v) is 5.24. The second kappa shape index (κ2) is 8.95. The Labute approximate surface area is 172 Å². The molecule has 0 radical (unpaired) electrons. The van der Waals surface area contributed by atoms with Crippen LogP contribution >= 0.6 is 0 Å². The lowest BCUT2D eigenvalue weighted by molar-refractivity contribution is -0.121. The van der Waals surface area contributed by atoms with Crippen LogP contribution in [0.25, 0.3) is 5.69 Å². The van der Waals surface area contributed by atoms with Gasteiger partial charge in [-0.1, -0.05) is 44.2 Å². The molecule has 1 amide bonds. The maximum Gasteiger partial charge on any atom is 0.225 e. The summed E-state index contributed by atoms with van der Waals surface area (Å²) >= 11 is 0. The van der Waals surface area contributed by atoms with Crippen molar-refractivity contribution in [2.75, 3.05) is 7.11 Å². The average Bonchev–Trinajstić information content (AvgIpc) is 3.01. The van der Waals surface area contributed by atoms with E-state index in [4.69, 9.17) is 4.74 Å². The Morgan fingerprint density at radius 2 is 1.72 bits per heavy atom. The SMILES string of the molecule is COc1ccc(C(NC(=O)Cc2c(C)nn(-c3ccccc3)c2C)C(C)C)cc1. The van der Waals surface area contributed by atoms with Gasteiger partial charge in [0.05, 0.1) is 31.0 Å². The molecule has 0 saturated heterocycles. The summed E-state index contributed by atoms with van der Waals surface area (Å²) in [5.74, 6) is 1.07. The Morgan fingerprint density at radius 3 is 2.31 bits per heavy atom. The molecule has 29 heavy (non-hydrogen) atoms. The standard InChI is InChI=1S/C24H29N3O2/c1-16(2)24(19-11-13-21(29-5)14-12-19)25-23(28)15-22-17(3)26-27(18(22)4)20-9-7-6-8-10-20/h6-14,16,24H,15H2,1-5H3,(H,25,28). The topological polar surface area (TPSA) is 56.1 Å². The minimum atomic E-state index is -0.0572. The molecule has 5 heteroatoms. The van der Waals surface area contributed by atoms with Gasteiger partial charge in [-0.15, -0.1) is 0 Å². The molecule has 0 saturated carbocycles. The Bertz CT molecular complexity index is 960. The zero-order valence-electron chi connectivity index (χ0n) is 17.8. The molecule has 1 aromatic heterocycles. The van der Waals surface area contributed by atoms with E-state index in [2.05, 4.69) is 24.3 Å². The highest BCUT2D eigenvalue weighted by molar-refractivity contribution is 5.79. The van der Waals surface area contributed by atoms with Gasteiger partial charge in [-0.05, 0) is 49.6 Å². The van der Waals surface area contributed by atoms with Crippen molar-refractivity contribution in [1.29, 1.82) is 0 Å². The van der Waals surface area contributed by atoms with Gasteiger partial charge in [0, 0.05) is 11.3 Å². The lowest BCUT2D eigenvalue weighted by Crippen LogP contribution is -2.33. The Hall–Kier alpha value is -3.08. The Balaban J connectivity index is 1.78. The molecule has 5 nitrogen and oxygen atoms in total. The number of hydrogen-bond donors (Lipinski definition) is 1. The zero-order chi connectivity index (χ0) is 21.0. The predicted molar refractivity (Wildman–Crippen MR) is 115 cm³/mol. The summed E-state index contributed by atoms with van der Waals surface area (Å²) in [7, 11) is 1.65. The highest BCUT2D eigenvalue weighted by atomic mass is 16.5. The first-order valence-corrected chi connectivity index (χ1v) is 9.94. The smallest absolute Gasteiger partial charge is 0.225 e. The summed E-state index contributed by atoms with van der Waals surface area (Å²) in [6, 6.07) is 17.8.